The molecule has 5 heteroatoms. The van der Waals surface area contributed by atoms with Gasteiger partial charge in [-0.2, -0.15) is 5.10 Å². The van der Waals surface area contributed by atoms with E-state index < -0.39 is 0 Å². The van der Waals surface area contributed by atoms with E-state index in [1.165, 1.54) is 5.69 Å². The molecule has 15 heavy (non-hydrogen) atoms. The van der Waals surface area contributed by atoms with E-state index in [4.69, 9.17) is 12.2 Å². The molecule has 1 N–H and O–H groups in total. The van der Waals surface area contributed by atoms with Gasteiger partial charge in [-0.3, -0.25) is 4.68 Å². The number of H-pyrrole nitrogens is 1. The molecule has 80 valence electrons. The van der Waals surface area contributed by atoms with Crippen molar-refractivity contribution in [3.8, 4) is 0 Å². The highest BCUT2D eigenvalue weighted by Crippen LogP contribution is 2.07. The van der Waals surface area contributed by atoms with Gasteiger partial charge in [0.15, 0.2) is 4.77 Å². The third kappa shape index (κ3) is 1.87. The number of imidazole rings is 1. The van der Waals surface area contributed by atoms with Crippen molar-refractivity contribution in [2.45, 2.75) is 19.9 Å². The second kappa shape index (κ2) is 4.02. The van der Waals surface area contributed by atoms with Crippen LogP contribution in [0.2, 0.25) is 0 Å². The Bertz CT molecular complexity index is 505. The number of aromatic nitrogens is 4. The van der Waals surface area contributed by atoms with Crippen LogP contribution < -0.4 is 0 Å². The SMILES string of the molecule is CCc1c[nH]c(=S)n1Cc1ccnn1C. The van der Waals surface area contributed by atoms with Crippen LogP contribution >= 0.6 is 12.2 Å². The predicted octanol–water partition coefficient (Wildman–Crippen LogP) is 1.89. The summed E-state index contributed by atoms with van der Waals surface area (Å²) in [5.74, 6) is 0. The number of nitrogens with one attached hydrogen (secondary N) is 1. The van der Waals surface area contributed by atoms with Crippen LogP contribution in [0.15, 0.2) is 18.5 Å². The molecule has 0 aliphatic carbocycles. The van der Waals surface area contributed by atoms with E-state index in [1.54, 1.807) is 6.20 Å². The van der Waals surface area contributed by atoms with E-state index in [-0.39, 0.29) is 0 Å². The van der Waals surface area contributed by atoms with Crippen LogP contribution in [0, 0.1) is 4.77 Å². The van der Waals surface area contributed by atoms with Crippen LogP contribution in [-0.4, -0.2) is 19.3 Å². The summed E-state index contributed by atoms with van der Waals surface area (Å²) in [5, 5.41) is 4.14. The molecule has 0 amide bonds. The van der Waals surface area contributed by atoms with Crippen LogP contribution in [0.25, 0.3) is 0 Å². The summed E-state index contributed by atoms with van der Waals surface area (Å²) in [7, 11) is 1.94. The van der Waals surface area contributed by atoms with Crippen LogP contribution in [-0.2, 0) is 20.0 Å². The first kappa shape index (κ1) is 10.2. The van der Waals surface area contributed by atoms with Crippen molar-refractivity contribution in [1.29, 1.82) is 0 Å². The Hall–Kier alpha value is -1.36. The molecule has 0 radical (unpaired) electrons. The fraction of sp³-hybridized carbons (Fsp3) is 0.400. The highest BCUT2D eigenvalue weighted by Gasteiger charge is 2.05. The van der Waals surface area contributed by atoms with Crippen LogP contribution in [0.4, 0.5) is 0 Å². The van der Waals surface area contributed by atoms with Gasteiger partial charge in [-0.15, -0.1) is 0 Å². The first-order valence-corrected chi connectivity index (χ1v) is 5.37. The molecule has 0 atom stereocenters. The lowest BCUT2D eigenvalue weighted by Gasteiger charge is -2.06. The minimum atomic E-state index is 0.771. The minimum absolute atomic E-state index is 0.771. The number of hydrogen-bond donors (Lipinski definition) is 1. The van der Waals surface area contributed by atoms with Crippen molar-refractivity contribution in [1.82, 2.24) is 19.3 Å². The predicted molar refractivity (Wildman–Crippen MR) is 61.3 cm³/mol. The molecule has 0 aromatic carbocycles. The summed E-state index contributed by atoms with van der Waals surface area (Å²) < 4.78 is 4.74. The van der Waals surface area contributed by atoms with Gasteiger partial charge in [0.1, 0.15) is 0 Å². The molecular weight excluding hydrogens is 208 g/mol. The van der Waals surface area contributed by atoms with E-state index in [2.05, 4.69) is 21.6 Å². The number of aryl methyl sites for hydroxylation is 2. The lowest BCUT2D eigenvalue weighted by atomic mass is 10.3. The van der Waals surface area contributed by atoms with E-state index in [0.717, 1.165) is 23.4 Å². The van der Waals surface area contributed by atoms with E-state index in [0.29, 0.717) is 0 Å². The Labute approximate surface area is 93.6 Å². The first-order valence-electron chi connectivity index (χ1n) is 4.96. The maximum atomic E-state index is 5.23. The number of rotatable bonds is 3. The van der Waals surface area contributed by atoms with Crippen molar-refractivity contribution in [2.75, 3.05) is 0 Å². The van der Waals surface area contributed by atoms with Crippen molar-refractivity contribution >= 4 is 12.2 Å². The molecular formula is C10H14N4S. The summed E-state index contributed by atoms with van der Waals surface area (Å²) in [4.78, 5) is 3.07. The van der Waals surface area contributed by atoms with Gasteiger partial charge in [-0.25, -0.2) is 0 Å². The molecule has 0 unspecified atom stereocenters. The molecule has 2 heterocycles. The van der Waals surface area contributed by atoms with Crippen molar-refractivity contribution in [3.63, 3.8) is 0 Å². The van der Waals surface area contributed by atoms with Crippen molar-refractivity contribution in [2.24, 2.45) is 7.05 Å². The van der Waals surface area contributed by atoms with Gasteiger partial charge in [0, 0.05) is 25.1 Å². The normalized spacial score (nSPS) is 10.8. The second-order valence-electron chi connectivity index (χ2n) is 3.47. The standard InChI is InChI=1S/C10H14N4S/c1-3-8-6-11-10(15)14(8)7-9-4-5-12-13(9)2/h4-6H,3,7H2,1-2H3,(H,11,15). The average Bonchev–Trinajstić information content (AvgIpc) is 2.77. The number of nitrogens with zero attached hydrogens (tertiary/aromatic N) is 3. The fourth-order valence-corrected chi connectivity index (χ4v) is 1.86. The monoisotopic (exact) mass is 222 g/mol. The largest absolute Gasteiger partial charge is 0.337 e. The molecule has 2 aromatic heterocycles. The summed E-state index contributed by atoms with van der Waals surface area (Å²) in [5.41, 5.74) is 2.38. The minimum Gasteiger partial charge on any atom is -0.337 e. The molecule has 0 fully saturated rings. The maximum absolute atomic E-state index is 5.23. The van der Waals surface area contributed by atoms with Crippen LogP contribution in [0.3, 0.4) is 0 Å². The third-order valence-electron chi connectivity index (χ3n) is 2.56. The number of hydrogen-bond acceptors (Lipinski definition) is 2. The van der Waals surface area contributed by atoms with E-state index in [9.17, 15) is 0 Å². The van der Waals surface area contributed by atoms with Gasteiger partial charge in [0.2, 0.25) is 0 Å². The first-order chi connectivity index (χ1) is 7.22. The van der Waals surface area contributed by atoms with Crippen molar-refractivity contribution in [3.05, 3.63) is 34.6 Å². The Kier molecular flexibility index (Phi) is 2.73. The quantitative estimate of drug-likeness (QED) is 0.805. The lowest BCUT2D eigenvalue weighted by Crippen LogP contribution is -2.08. The maximum Gasteiger partial charge on any atom is 0.177 e. The zero-order valence-electron chi connectivity index (χ0n) is 8.90. The summed E-state index contributed by atoms with van der Waals surface area (Å²) >= 11 is 5.23. The summed E-state index contributed by atoms with van der Waals surface area (Å²) in [6.45, 7) is 2.90. The zero-order chi connectivity index (χ0) is 10.8. The van der Waals surface area contributed by atoms with E-state index >= 15 is 0 Å². The molecule has 0 spiro atoms. The molecule has 0 aliphatic heterocycles. The Morgan fingerprint density at radius 1 is 1.47 bits per heavy atom. The van der Waals surface area contributed by atoms with Crippen molar-refractivity contribution < 1.29 is 0 Å². The average molecular weight is 222 g/mol. The highest BCUT2D eigenvalue weighted by molar-refractivity contribution is 7.71. The Morgan fingerprint density at radius 2 is 2.27 bits per heavy atom. The molecule has 0 saturated heterocycles. The van der Waals surface area contributed by atoms with Crippen LogP contribution in [0.1, 0.15) is 18.3 Å². The molecule has 2 rings (SSSR count). The molecule has 0 aliphatic rings. The topological polar surface area (TPSA) is 38.5 Å². The lowest BCUT2D eigenvalue weighted by molar-refractivity contribution is 0.647. The Balaban J connectivity index is 2.35. The smallest absolute Gasteiger partial charge is 0.177 e. The molecule has 4 nitrogen and oxygen atoms in total. The number of aromatic amines is 1. The van der Waals surface area contributed by atoms with E-state index in [1.807, 2.05) is 24.0 Å². The summed E-state index contributed by atoms with van der Waals surface area (Å²) in [6.07, 6.45) is 4.75. The third-order valence-corrected chi connectivity index (χ3v) is 2.90. The fourth-order valence-electron chi connectivity index (χ4n) is 1.62. The molecule has 0 saturated carbocycles. The van der Waals surface area contributed by atoms with Gasteiger partial charge < -0.3 is 9.55 Å². The van der Waals surface area contributed by atoms with Gasteiger partial charge in [0.25, 0.3) is 0 Å². The van der Waals surface area contributed by atoms with Gasteiger partial charge >= 0.3 is 0 Å². The van der Waals surface area contributed by atoms with Gasteiger partial charge in [-0.1, -0.05) is 6.92 Å². The molecule has 0 bridgehead atoms. The Morgan fingerprint density at radius 3 is 2.87 bits per heavy atom. The van der Waals surface area contributed by atoms with Gasteiger partial charge in [-0.05, 0) is 24.7 Å². The van der Waals surface area contributed by atoms with Crippen LogP contribution in [0.5, 0.6) is 0 Å². The second-order valence-corrected chi connectivity index (χ2v) is 3.86. The summed E-state index contributed by atoms with van der Waals surface area (Å²) in [6, 6.07) is 2.01. The zero-order valence-corrected chi connectivity index (χ0v) is 9.71. The highest BCUT2D eigenvalue weighted by atomic mass is 32.1. The molecule has 2 aromatic rings. The van der Waals surface area contributed by atoms with Gasteiger partial charge in [0.05, 0.1) is 12.2 Å².